The van der Waals surface area contributed by atoms with Crippen LogP contribution in [0.1, 0.15) is 0 Å². The molecule has 1 amide bonds. The largest absolute Gasteiger partial charge is 0.493 e. The zero-order valence-corrected chi connectivity index (χ0v) is 21.3. The summed E-state index contributed by atoms with van der Waals surface area (Å²) in [5.41, 5.74) is 1.55. The number of carbonyl (C=O) groups is 1. The van der Waals surface area contributed by atoms with Crippen molar-refractivity contribution in [2.75, 3.05) is 44.0 Å². The second-order valence-corrected chi connectivity index (χ2v) is 7.29. The van der Waals surface area contributed by atoms with Crippen LogP contribution >= 0.6 is 61.0 Å². The molecule has 1 N–H and O–H groups in total. The predicted molar refractivity (Wildman–Crippen MR) is 138 cm³/mol. The molecule has 3 aromatic rings. The van der Waals surface area contributed by atoms with Crippen LogP contribution in [0.15, 0.2) is 42.0 Å². The summed E-state index contributed by atoms with van der Waals surface area (Å²) in [6.07, 6.45) is 3.45. The molecule has 1 saturated heterocycles. The molecule has 0 atom stereocenters. The van der Waals surface area contributed by atoms with Crippen molar-refractivity contribution in [3.8, 4) is 16.5 Å². The SMILES string of the molecule is COc1ccc(-c2nccs2)nc1Nc1ccc(N2CCN(C)CC2=O)cn1.Cl.Cl.Cl.Cl. The molecule has 13 heteroatoms. The smallest absolute Gasteiger partial charge is 0.241 e. The van der Waals surface area contributed by atoms with Gasteiger partial charge in [0.1, 0.15) is 16.5 Å². The van der Waals surface area contributed by atoms with Crippen LogP contribution in [0, 0.1) is 0 Å². The zero-order valence-electron chi connectivity index (χ0n) is 17.3. The molecule has 32 heavy (non-hydrogen) atoms. The summed E-state index contributed by atoms with van der Waals surface area (Å²) in [5.74, 6) is 1.87. The maximum Gasteiger partial charge on any atom is 0.241 e. The number of pyridine rings is 2. The van der Waals surface area contributed by atoms with Crippen LogP contribution in [0.2, 0.25) is 0 Å². The third-order valence-corrected chi connectivity index (χ3v) is 5.24. The summed E-state index contributed by atoms with van der Waals surface area (Å²) in [7, 11) is 3.54. The number of nitrogens with zero attached hydrogens (tertiary/aromatic N) is 5. The molecule has 0 radical (unpaired) electrons. The van der Waals surface area contributed by atoms with Crippen molar-refractivity contribution in [2.24, 2.45) is 0 Å². The maximum atomic E-state index is 12.2. The summed E-state index contributed by atoms with van der Waals surface area (Å²) in [6.45, 7) is 1.93. The van der Waals surface area contributed by atoms with Gasteiger partial charge in [0.25, 0.3) is 0 Å². The number of hydrogen-bond acceptors (Lipinski definition) is 8. The lowest BCUT2D eigenvalue weighted by Gasteiger charge is -2.31. The van der Waals surface area contributed by atoms with Crippen molar-refractivity contribution in [1.82, 2.24) is 19.9 Å². The highest BCUT2D eigenvalue weighted by atomic mass is 35.5. The topological polar surface area (TPSA) is 83.5 Å². The van der Waals surface area contributed by atoms with Crippen LogP contribution in [-0.2, 0) is 4.79 Å². The lowest BCUT2D eigenvalue weighted by molar-refractivity contribution is -0.120. The standard InChI is InChI=1S/C19H20N6O2S.4ClH/c1-24-8-9-25(17(26)12-24)13-3-6-16(21-11-13)23-18-15(27-2)5-4-14(22-18)19-20-7-10-28-19;;;;/h3-7,10-11H,8-9,12H2,1-2H3,(H,21,22,23);4*1H. The van der Waals surface area contributed by atoms with Crippen LogP contribution in [0.4, 0.5) is 17.3 Å². The van der Waals surface area contributed by atoms with Gasteiger partial charge in [0.05, 0.1) is 25.5 Å². The van der Waals surface area contributed by atoms with Gasteiger partial charge >= 0.3 is 0 Å². The number of thiazole rings is 1. The second-order valence-electron chi connectivity index (χ2n) is 6.39. The monoisotopic (exact) mass is 540 g/mol. The molecule has 176 valence electrons. The minimum atomic E-state index is 0. The summed E-state index contributed by atoms with van der Waals surface area (Å²) in [6, 6.07) is 7.44. The summed E-state index contributed by atoms with van der Waals surface area (Å²) >= 11 is 1.52. The minimum absolute atomic E-state index is 0. The van der Waals surface area contributed by atoms with Crippen LogP contribution < -0.4 is 15.0 Å². The van der Waals surface area contributed by atoms with E-state index in [4.69, 9.17) is 4.74 Å². The molecule has 4 rings (SSSR count). The Bertz CT molecular complexity index is 978. The van der Waals surface area contributed by atoms with Gasteiger partial charge in [0, 0.05) is 24.7 Å². The third-order valence-electron chi connectivity index (χ3n) is 4.45. The molecular formula is C19H24Cl4N6O2S. The molecule has 1 aliphatic heterocycles. The van der Waals surface area contributed by atoms with Gasteiger partial charge in [-0.25, -0.2) is 15.0 Å². The molecule has 3 aromatic heterocycles. The van der Waals surface area contributed by atoms with E-state index in [1.165, 1.54) is 11.3 Å². The average Bonchev–Trinajstić information content (AvgIpc) is 3.24. The number of aromatic nitrogens is 3. The predicted octanol–water partition coefficient (Wildman–Crippen LogP) is 4.32. The van der Waals surface area contributed by atoms with Gasteiger partial charge in [-0.3, -0.25) is 9.69 Å². The number of carbonyl (C=O) groups excluding carboxylic acids is 1. The summed E-state index contributed by atoms with van der Waals surface area (Å²) in [5, 5.41) is 5.94. The summed E-state index contributed by atoms with van der Waals surface area (Å²) < 4.78 is 5.41. The van der Waals surface area contributed by atoms with E-state index in [-0.39, 0.29) is 55.5 Å². The van der Waals surface area contributed by atoms with Gasteiger partial charge in [0.2, 0.25) is 5.91 Å². The highest BCUT2D eigenvalue weighted by Crippen LogP contribution is 2.30. The maximum absolute atomic E-state index is 12.2. The number of nitrogens with one attached hydrogen (secondary N) is 1. The van der Waals surface area contributed by atoms with Crippen LogP contribution in [-0.4, -0.2) is 59.6 Å². The number of hydrogen-bond donors (Lipinski definition) is 1. The molecule has 0 unspecified atom stereocenters. The fourth-order valence-corrected chi connectivity index (χ4v) is 3.58. The van der Waals surface area contributed by atoms with Crippen molar-refractivity contribution >= 4 is 84.2 Å². The van der Waals surface area contributed by atoms with E-state index in [1.807, 2.05) is 41.6 Å². The van der Waals surface area contributed by atoms with Gasteiger partial charge in [-0.05, 0) is 31.3 Å². The second kappa shape index (κ2) is 13.6. The number of anilines is 3. The molecule has 0 bridgehead atoms. The lowest BCUT2D eigenvalue weighted by Crippen LogP contribution is -2.48. The number of piperazine rings is 1. The Morgan fingerprint density at radius 1 is 1.06 bits per heavy atom. The Morgan fingerprint density at radius 3 is 2.44 bits per heavy atom. The molecule has 4 heterocycles. The molecule has 8 nitrogen and oxygen atoms in total. The van der Waals surface area contributed by atoms with Crippen molar-refractivity contribution in [1.29, 1.82) is 0 Å². The van der Waals surface area contributed by atoms with E-state index in [0.717, 1.165) is 22.9 Å². The molecule has 1 fully saturated rings. The fraction of sp³-hybridized carbons (Fsp3) is 0.263. The van der Waals surface area contributed by atoms with Crippen LogP contribution in [0.5, 0.6) is 5.75 Å². The van der Waals surface area contributed by atoms with Crippen molar-refractivity contribution in [2.45, 2.75) is 0 Å². The molecular weight excluding hydrogens is 518 g/mol. The van der Waals surface area contributed by atoms with Crippen molar-refractivity contribution in [3.05, 3.63) is 42.0 Å². The quantitative estimate of drug-likeness (QED) is 0.515. The Hall–Kier alpha value is -1.88. The fourth-order valence-electron chi connectivity index (χ4n) is 2.97. The van der Waals surface area contributed by atoms with Gasteiger partial charge in [0.15, 0.2) is 11.6 Å². The van der Waals surface area contributed by atoms with Crippen LogP contribution in [0.25, 0.3) is 10.7 Å². The number of halogens is 4. The van der Waals surface area contributed by atoms with E-state index in [0.29, 0.717) is 30.5 Å². The van der Waals surface area contributed by atoms with Gasteiger partial charge in [-0.1, -0.05) is 0 Å². The highest BCUT2D eigenvalue weighted by Gasteiger charge is 2.23. The third kappa shape index (κ3) is 6.81. The van der Waals surface area contributed by atoms with E-state index in [9.17, 15) is 4.79 Å². The number of likely N-dealkylation sites (N-methyl/N-ethyl adjacent to an activating group) is 1. The first-order valence-electron chi connectivity index (χ1n) is 8.81. The Morgan fingerprint density at radius 2 is 1.84 bits per heavy atom. The number of ether oxygens (including phenoxy) is 1. The summed E-state index contributed by atoms with van der Waals surface area (Å²) in [4.78, 5) is 29.4. The molecule has 1 aliphatic rings. The normalized spacial score (nSPS) is 13.1. The minimum Gasteiger partial charge on any atom is -0.493 e. The molecule has 0 aromatic carbocycles. The van der Waals surface area contributed by atoms with E-state index >= 15 is 0 Å². The van der Waals surface area contributed by atoms with Gasteiger partial charge < -0.3 is 15.0 Å². The average molecular weight is 542 g/mol. The highest BCUT2D eigenvalue weighted by molar-refractivity contribution is 7.13. The number of rotatable bonds is 5. The zero-order chi connectivity index (χ0) is 19.5. The Kier molecular flexibility index (Phi) is 12.8. The van der Waals surface area contributed by atoms with E-state index in [1.54, 1.807) is 24.4 Å². The molecule has 0 saturated carbocycles. The van der Waals surface area contributed by atoms with Crippen molar-refractivity contribution < 1.29 is 9.53 Å². The van der Waals surface area contributed by atoms with Crippen molar-refractivity contribution in [3.63, 3.8) is 0 Å². The molecule has 0 spiro atoms. The van der Waals surface area contributed by atoms with Gasteiger partial charge in [-0.2, -0.15) is 0 Å². The number of amides is 1. The first kappa shape index (κ1) is 30.1. The lowest BCUT2D eigenvalue weighted by atomic mass is 10.2. The first-order chi connectivity index (χ1) is 13.6. The first-order valence-corrected chi connectivity index (χ1v) is 9.69. The van der Waals surface area contributed by atoms with Gasteiger partial charge in [-0.15, -0.1) is 61.0 Å². The Labute approximate surface area is 215 Å². The number of methoxy groups -OCH3 is 1. The van der Waals surface area contributed by atoms with E-state index in [2.05, 4.69) is 20.3 Å². The van der Waals surface area contributed by atoms with E-state index < -0.39 is 0 Å². The van der Waals surface area contributed by atoms with Crippen LogP contribution in [0.3, 0.4) is 0 Å². The Balaban J connectivity index is 0.00000240. The molecule has 0 aliphatic carbocycles.